The van der Waals surface area contributed by atoms with Crippen LogP contribution >= 0.6 is 51.1 Å². The second kappa shape index (κ2) is 16.0. The standard InChI is InChI=1S/C15H14F3PS2.C9H9F3S2/c16-15(17,18)21-20-12-11-19(13-7-3-1-4-8-13)14-9-5-2-6-10-14;10-9(11,12)14-13-7-6-8-4-2-1-3-5-8/h1-10H,11-12H2;1-5H,6-7H2. The van der Waals surface area contributed by atoms with Crippen LogP contribution in [0.3, 0.4) is 0 Å². The lowest BCUT2D eigenvalue weighted by atomic mass is 10.2. The number of halogens is 6. The maximum Gasteiger partial charge on any atom is 0.452 e. The maximum absolute atomic E-state index is 12.2. The summed E-state index contributed by atoms with van der Waals surface area (Å²) in [5.74, 6) is 0.966. The first-order valence-electron chi connectivity index (χ1n) is 10.3. The third-order valence-electron chi connectivity index (χ3n) is 4.16. The molecule has 0 aliphatic carbocycles. The fourth-order valence-electron chi connectivity index (χ4n) is 2.77. The summed E-state index contributed by atoms with van der Waals surface area (Å²) in [4.78, 5) is 0. The summed E-state index contributed by atoms with van der Waals surface area (Å²) in [6.07, 6.45) is 1.42. The smallest absolute Gasteiger partial charge is 0.160 e. The monoisotopic (exact) mass is 584 g/mol. The predicted molar refractivity (Wildman–Crippen MR) is 146 cm³/mol. The van der Waals surface area contributed by atoms with Crippen molar-refractivity contribution in [2.75, 3.05) is 17.7 Å². The molecule has 3 aromatic carbocycles. The van der Waals surface area contributed by atoms with E-state index in [9.17, 15) is 26.3 Å². The molecule has 0 heterocycles. The molecule has 0 nitrogen and oxygen atoms in total. The van der Waals surface area contributed by atoms with E-state index < -0.39 is 18.9 Å². The van der Waals surface area contributed by atoms with Crippen LogP contribution < -0.4 is 10.6 Å². The van der Waals surface area contributed by atoms with E-state index in [1.54, 1.807) is 0 Å². The predicted octanol–water partition coefficient (Wildman–Crippen LogP) is 9.15. The van der Waals surface area contributed by atoms with Gasteiger partial charge < -0.3 is 0 Å². The fourth-order valence-corrected chi connectivity index (χ4v) is 8.66. The van der Waals surface area contributed by atoms with Crippen molar-refractivity contribution in [2.45, 2.75) is 17.4 Å². The molecule has 0 N–H and O–H groups in total. The third-order valence-corrected chi connectivity index (χ3v) is 11.2. The van der Waals surface area contributed by atoms with Gasteiger partial charge in [0.05, 0.1) is 0 Å². The van der Waals surface area contributed by atoms with E-state index in [1.165, 1.54) is 10.6 Å². The van der Waals surface area contributed by atoms with Gasteiger partial charge in [-0.2, -0.15) is 26.3 Å². The molecule has 190 valence electrons. The summed E-state index contributed by atoms with van der Waals surface area (Å²) < 4.78 is 71.7. The van der Waals surface area contributed by atoms with Crippen molar-refractivity contribution in [3.05, 3.63) is 96.6 Å². The lowest BCUT2D eigenvalue weighted by molar-refractivity contribution is -0.0320. The van der Waals surface area contributed by atoms with Gasteiger partial charge in [-0.1, -0.05) is 113 Å². The van der Waals surface area contributed by atoms with Gasteiger partial charge in [0.15, 0.2) is 0 Å². The number of alkyl halides is 6. The van der Waals surface area contributed by atoms with Gasteiger partial charge in [0, 0.05) is 33.1 Å². The van der Waals surface area contributed by atoms with Gasteiger partial charge in [-0.25, -0.2) is 0 Å². The quantitative estimate of drug-likeness (QED) is 0.101. The fraction of sp³-hybridized carbons (Fsp3) is 0.250. The number of aryl methyl sites for hydroxylation is 1. The van der Waals surface area contributed by atoms with Crippen LogP contribution in [0.15, 0.2) is 91.0 Å². The minimum absolute atomic E-state index is 0.00703. The normalized spacial score (nSPS) is 11.7. The minimum atomic E-state index is -4.16. The molecule has 0 fully saturated rings. The Morgan fingerprint density at radius 1 is 0.543 bits per heavy atom. The van der Waals surface area contributed by atoms with Crippen molar-refractivity contribution in [1.29, 1.82) is 0 Å². The highest BCUT2D eigenvalue weighted by molar-refractivity contribution is 8.77. The summed E-state index contributed by atoms with van der Waals surface area (Å²) in [6, 6.07) is 29.5. The van der Waals surface area contributed by atoms with Gasteiger partial charge in [-0.3, -0.25) is 0 Å². The number of benzene rings is 3. The average Bonchev–Trinajstić information content (AvgIpc) is 2.83. The van der Waals surface area contributed by atoms with E-state index in [4.69, 9.17) is 0 Å². The van der Waals surface area contributed by atoms with Crippen LogP contribution in [-0.2, 0) is 6.42 Å². The third kappa shape index (κ3) is 14.4. The first kappa shape index (κ1) is 30.3. The van der Waals surface area contributed by atoms with Gasteiger partial charge >= 0.3 is 11.0 Å². The Morgan fingerprint density at radius 2 is 0.943 bits per heavy atom. The molecule has 0 aromatic heterocycles. The Morgan fingerprint density at radius 3 is 1.37 bits per heavy atom. The summed E-state index contributed by atoms with van der Waals surface area (Å²) >= 11 is 0. The van der Waals surface area contributed by atoms with Crippen LogP contribution in [0.4, 0.5) is 26.3 Å². The highest BCUT2D eigenvalue weighted by atomic mass is 33.1. The molecule has 0 saturated heterocycles. The Balaban J connectivity index is 0.000000269. The molecule has 0 spiro atoms. The first-order chi connectivity index (χ1) is 16.6. The Bertz CT molecular complexity index is 901. The topological polar surface area (TPSA) is 0 Å². The molecule has 0 aliphatic rings. The van der Waals surface area contributed by atoms with Crippen LogP contribution in [0.25, 0.3) is 0 Å². The van der Waals surface area contributed by atoms with Crippen LogP contribution in [0, 0.1) is 0 Å². The molecule has 3 aromatic rings. The molecule has 0 unspecified atom stereocenters. The van der Waals surface area contributed by atoms with Crippen LogP contribution in [-0.4, -0.2) is 28.7 Å². The van der Waals surface area contributed by atoms with Crippen molar-refractivity contribution < 1.29 is 26.3 Å². The van der Waals surface area contributed by atoms with E-state index in [2.05, 4.69) is 24.3 Å². The largest absolute Gasteiger partial charge is 0.452 e. The molecule has 3 rings (SSSR count). The van der Waals surface area contributed by atoms with E-state index >= 15 is 0 Å². The van der Waals surface area contributed by atoms with Crippen LogP contribution in [0.2, 0.25) is 0 Å². The van der Waals surface area contributed by atoms with Crippen LogP contribution in [0.1, 0.15) is 5.56 Å². The zero-order valence-electron chi connectivity index (χ0n) is 18.3. The molecule has 11 heteroatoms. The molecule has 0 atom stereocenters. The van der Waals surface area contributed by atoms with E-state index in [1.807, 2.05) is 66.7 Å². The van der Waals surface area contributed by atoms with E-state index in [0.717, 1.165) is 33.3 Å². The maximum atomic E-state index is 12.2. The number of hydrogen-bond acceptors (Lipinski definition) is 4. The zero-order valence-corrected chi connectivity index (χ0v) is 22.5. The van der Waals surface area contributed by atoms with Gasteiger partial charge in [0.2, 0.25) is 0 Å². The molecular formula is C24H23F6PS4. The molecule has 0 amide bonds. The Kier molecular flexibility index (Phi) is 13.9. The van der Waals surface area contributed by atoms with Crippen molar-refractivity contribution in [2.24, 2.45) is 0 Å². The Hall–Kier alpha value is -0.930. The lowest BCUT2D eigenvalue weighted by Gasteiger charge is -2.18. The molecule has 0 saturated carbocycles. The minimum Gasteiger partial charge on any atom is -0.160 e. The van der Waals surface area contributed by atoms with E-state index in [-0.39, 0.29) is 21.6 Å². The highest BCUT2D eigenvalue weighted by Gasteiger charge is 2.29. The van der Waals surface area contributed by atoms with E-state index in [0.29, 0.717) is 17.9 Å². The molecule has 0 bridgehead atoms. The van der Waals surface area contributed by atoms with Gasteiger partial charge in [0.1, 0.15) is 0 Å². The summed E-state index contributed by atoms with van der Waals surface area (Å²) in [5, 5.41) is 2.41. The second-order valence-corrected chi connectivity index (χ2v) is 14.1. The molecule has 0 aliphatic heterocycles. The summed E-state index contributed by atoms with van der Waals surface area (Å²) in [7, 11) is 1.10. The van der Waals surface area contributed by atoms with Crippen molar-refractivity contribution in [3.63, 3.8) is 0 Å². The van der Waals surface area contributed by atoms with Crippen molar-refractivity contribution >= 4 is 61.7 Å². The Labute approximate surface area is 219 Å². The lowest BCUT2D eigenvalue weighted by Crippen LogP contribution is -2.14. The molecule has 0 radical (unpaired) electrons. The van der Waals surface area contributed by atoms with Crippen molar-refractivity contribution in [1.82, 2.24) is 0 Å². The van der Waals surface area contributed by atoms with Crippen LogP contribution in [0.5, 0.6) is 0 Å². The number of rotatable bonds is 10. The van der Waals surface area contributed by atoms with Crippen molar-refractivity contribution in [3.8, 4) is 0 Å². The van der Waals surface area contributed by atoms with Gasteiger partial charge in [0.25, 0.3) is 0 Å². The van der Waals surface area contributed by atoms with Gasteiger partial charge in [-0.15, -0.1) is 0 Å². The number of hydrogen-bond donors (Lipinski definition) is 0. The average molecular weight is 585 g/mol. The second-order valence-electron chi connectivity index (χ2n) is 6.76. The summed E-state index contributed by atoms with van der Waals surface area (Å²) in [5.41, 5.74) is -7.21. The zero-order chi connectivity index (χ0) is 25.6. The SMILES string of the molecule is FC(F)(F)SSCCP(c1ccccc1)c1ccccc1.FC(F)(F)SSCCc1ccccc1. The van der Waals surface area contributed by atoms with Gasteiger partial charge in [-0.05, 0) is 36.7 Å². The summed E-state index contributed by atoms with van der Waals surface area (Å²) in [6.45, 7) is 0. The molecular weight excluding hydrogens is 561 g/mol. The molecule has 35 heavy (non-hydrogen) atoms. The highest BCUT2D eigenvalue weighted by Crippen LogP contribution is 2.42. The first-order valence-corrected chi connectivity index (χ1v) is 16.5.